The van der Waals surface area contributed by atoms with Crippen LogP contribution in [0.1, 0.15) is 28.8 Å². The van der Waals surface area contributed by atoms with Crippen LogP contribution < -0.4 is 10.1 Å². The van der Waals surface area contributed by atoms with E-state index in [1.807, 2.05) is 36.4 Å². The molecule has 21 heavy (non-hydrogen) atoms. The standard InChI is InChI=1S/C18H19NO2/c20-17(11-4-8-14-6-2-1-3-7-14)15-9-5-10-16-18(15)21-13-12-19-16/h1-3,5-7,9-10,19H,4,8,11-13H2. The highest BCUT2D eigenvalue weighted by Crippen LogP contribution is 2.32. The lowest BCUT2D eigenvalue weighted by Gasteiger charge is -2.21. The van der Waals surface area contributed by atoms with Gasteiger partial charge in [0, 0.05) is 13.0 Å². The Labute approximate surface area is 124 Å². The second-order valence-electron chi connectivity index (χ2n) is 5.22. The number of anilines is 1. The van der Waals surface area contributed by atoms with Gasteiger partial charge in [0.05, 0.1) is 11.3 Å². The number of hydrogen-bond acceptors (Lipinski definition) is 3. The van der Waals surface area contributed by atoms with Crippen LogP contribution in [0.15, 0.2) is 48.5 Å². The molecule has 1 heterocycles. The number of carbonyl (C=O) groups excluding carboxylic acids is 1. The van der Waals surface area contributed by atoms with Gasteiger partial charge in [-0.15, -0.1) is 0 Å². The first-order valence-corrected chi connectivity index (χ1v) is 7.41. The van der Waals surface area contributed by atoms with Crippen LogP contribution in [-0.2, 0) is 6.42 Å². The molecule has 0 aliphatic carbocycles. The zero-order chi connectivity index (χ0) is 14.5. The van der Waals surface area contributed by atoms with Gasteiger partial charge in [-0.1, -0.05) is 36.4 Å². The summed E-state index contributed by atoms with van der Waals surface area (Å²) in [6.07, 6.45) is 2.34. The van der Waals surface area contributed by atoms with Crippen LogP contribution >= 0.6 is 0 Å². The molecule has 1 aliphatic rings. The van der Waals surface area contributed by atoms with Crippen molar-refractivity contribution in [2.75, 3.05) is 18.5 Å². The summed E-state index contributed by atoms with van der Waals surface area (Å²) in [5.41, 5.74) is 2.90. The van der Waals surface area contributed by atoms with Gasteiger partial charge in [-0.2, -0.15) is 0 Å². The Kier molecular flexibility index (Phi) is 4.20. The van der Waals surface area contributed by atoms with E-state index in [0.29, 0.717) is 24.3 Å². The SMILES string of the molecule is O=C(CCCc1ccccc1)c1cccc2c1OCCN2. The minimum Gasteiger partial charge on any atom is -0.489 e. The van der Waals surface area contributed by atoms with Crippen LogP contribution in [0.3, 0.4) is 0 Å². The van der Waals surface area contributed by atoms with Crippen molar-refractivity contribution in [1.29, 1.82) is 0 Å². The van der Waals surface area contributed by atoms with Crippen LogP contribution in [0.4, 0.5) is 5.69 Å². The highest BCUT2D eigenvalue weighted by atomic mass is 16.5. The predicted molar refractivity (Wildman–Crippen MR) is 84.1 cm³/mol. The van der Waals surface area contributed by atoms with E-state index in [1.54, 1.807) is 0 Å². The number of para-hydroxylation sites is 1. The van der Waals surface area contributed by atoms with E-state index in [0.717, 1.165) is 25.1 Å². The summed E-state index contributed by atoms with van der Waals surface area (Å²) in [4.78, 5) is 12.4. The summed E-state index contributed by atoms with van der Waals surface area (Å²) in [6.45, 7) is 1.40. The average molecular weight is 281 g/mol. The molecule has 2 aromatic carbocycles. The molecule has 0 saturated heterocycles. The van der Waals surface area contributed by atoms with Gasteiger partial charge in [0.1, 0.15) is 6.61 Å². The Morgan fingerprint density at radius 3 is 2.81 bits per heavy atom. The van der Waals surface area contributed by atoms with E-state index in [4.69, 9.17) is 4.74 Å². The zero-order valence-electron chi connectivity index (χ0n) is 12.0. The maximum atomic E-state index is 12.4. The number of fused-ring (bicyclic) bond motifs is 1. The second kappa shape index (κ2) is 6.44. The van der Waals surface area contributed by atoms with Gasteiger partial charge in [0.25, 0.3) is 0 Å². The number of Topliss-reactive ketones (excluding diaryl/α,β-unsaturated/α-hetero) is 1. The molecular formula is C18H19NO2. The molecule has 0 aromatic heterocycles. The normalized spacial score (nSPS) is 13.0. The minimum atomic E-state index is 0.159. The molecule has 3 nitrogen and oxygen atoms in total. The van der Waals surface area contributed by atoms with Crippen molar-refractivity contribution in [3.05, 3.63) is 59.7 Å². The van der Waals surface area contributed by atoms with Gasteiger partial charge >= 0.3 is 0 Å². The molecule has 0 unspecified atom stereocenters. The molecule has 0 bridgehead atoms. The summed E-state index contributed by atoms with van der Waals surface area (Å²) in [5, 5.41) is 3.26. The summed E-state index contributed by atoms with van der Waals surface area (Å²) >= 11 is 0. The Morgan fingerprint density at radius 1 is 1.10 bits per heavy atom. The third-order valence-electron chi connectivity index (χ3n) is 3.69. The molecule has 0 spiro atoms. The summed E-state index contributed by atoms with van der Waals surface area (Å²) < 4.78 is 5.66. The van der Waals surface area contributed by atoms with Gasteiger partial charge in [0.2, 0.25) is 0 Å². The molecule has 0 radical (unpaired) electrons. The lowest BCUT2D eigenvalue weighted by Crippen LogP contribution is -2.20. The van der Waals surface area contributed by atoms with Crippen molar-refractivity contribution in [2.45, 2.75) is 19.3 Å². The van der Waals surface area contributed by atoms with Crippen molar-refractivity contribution in [1.82, 2.24) is 0 Å². The van der Waals surface area contributed by atoms with Gasteiger partial charge in [-0.3, -0.25) is 4.79 Å². The zero-order valence-corrected chi connectivity index (χ0v) is 12.0. The van der Waals surface area contributed by atoms with Crippen LogP contribution in [0, 0.1) is 0 Å². The average Bonchev–Trinajstić information content (AvgIpc) is 2.55. The number of ketones is 1. The molecule has 0 atom stereocenters. The highest BCUT2D eigenvalue weighted by molar-refractivity contribution is 6.00. The topological polar surface area (TPSA) is 38.3 Å². The molecule has 0 saturated carbocycles. The number of carbonyl (C=O) groups is 1. The van der Waals surface area contributed by atoms with Crippen LogP contribution in [0.5, 0.6) is 5.75 Å². The Balaban J connectivity index is 1.63. The maximum absolute atomic E-state index is 12.4. The van der Waals surface area contributed by atoms with E-state index in [-0.39, 0.29) is 5.78 Å². The van der Waals surface area contributed by atoms with E-state index in [2.05, 4.69) is 17.4 Å². The van der Waals surface area contributed by atoms with Gasteiger partial charge in [0.15, 0.2) is 11.5 Å². The predicted octanol–water partition coefficient (Wildman–Crippen LogP) is 3.70. The fourth-order valence-electron chi connectivity index (χ4n) is 2.62. The number of hydrogen-bond donors (Lipinski definition) is 1. The fourth-order valence-corrected chi connectivity index (χ4v) is 2.62. The Morgan fingerprint density at radius 2 is 1.95 bits per heavy atom. The molecule has 108 valence electrons. The number of ether oxygens (including phenoxy) is 1. The van der Waals surface area contributed by atoms with Gasteiger partial charge in [-0.25, -0.2) is 0 Å². The number of nitrogens with one attached hydrogen (secondary N) is 1. The number of benzene rings is 2. The monoisotopic (exact) mass is 281 g/mol. The molecule has 3 heteroatoms. The molecular weight excluding hydrogens is 262 g/mol. The first-order chi connectivity index (χ1) is 10.3. The van der Waals surface area contributed by atoms with Crippen molar-refractivity contribution in [3.63, 3.8) is 0 Å². The molecule has 2 aromatic rings. The lowest BCUT2D eigenvalue weighted by atomic mass is 10.0. The quantitative estimate of drug-likeness (QED) is 0.849. The highest BCUT2D eigenvalue weighted by Gasteiger charge is 2.18. The molecule has 0 amide bonds. The van der Waals surface area contributed by atoms with Crippen LogP contribution in [0.2, 0.25) is 0 Å². The van der Waals surface area contributed by atoms with E-state index in [9.17, 15) is 4.79 Å². The van der Waals surface area contributed by atoms with E-state index < -0.39 is 0 Å². The molecule has 1 aliphatic heterocycles. The van der Waals surface area contributed by atoms with Crippen molar-refractivity contribution in [2.24, 2.45) is 0 Å². The molecule has 1 N–H and O–H groups in total. The maximum Gasteiger partial charge on any atom is 0.166 e. The first kappa shape index (κ1) is 13.7. The van der Waals surface area contributed by atoms with E-state index >= 15 is 0 Å². The fraction of sp³-hybridized carbons (Fsp3) is 0.278. The van der Waals surface area contributed by atoms with Crippen molar-refractivity contribution in [3.8, 4) is 5.75 Å². The third-order valence-corrected chi connectivity index (χ3v) is 3.69. The molecule has 3 rings (SSSR count). The van der Waals surface area contributed by atoms with Crippen LogP contribution in [0.25, 0.3) is 0 Å². The smallest absolute Gasteiger partial charge is 0.166 e. The number of aryl methyl sites for hydroxylation is 1. The Hall–Kier alpha value is -2.29. The summed E-state index contributed by atoms with van der Waals surface area (Å²) in [7, 11) is 0. The summed E-state index contributed by atoms with van der Waals surface area (Å²) in [5.74, 6) is 0.875. The largest absolute Gasteiger partial charge is 0.489 e. The third kappa shape index (κ3) is 3.24. The van der Waals surface area contributed by atoms with Gasteiger partial charge in [-0.05, 0) is 30.5 Å². The van der Waals surface area contributed by atoms with Crippen molar-refractivity contribution < 1.29 is 9.53 Å². The Bertz CT molecular complexity index is 622. The van der Waals surface area contributed by atoms with Gasteiger partial charge < -0.3 is 10.1 Å². The van der Waals surface area contributed by atoms with Crippen molar-refractivity contribution >= 4 is 11.5 Å². The first-order valence-electron chi connectivity index (χ1n) is 7.41. The lowest BCUT2D eigenvalue weighted by molar-refractivity contribution is 0.0976. The minimum absolute atomic E-state index is 0.159. The molecule has 0 fully saturated rings. The summed E-state index contributed by atoms with van der Waals surface area (Å²) in [6, 6.07) is 16.0. The second-order valence-corrected chi connectivity index (χ2v) is 5.22. The van der Waals surface area contributed by atoms with E-state index in [1.165, 1.54) is 5.56 Å². The van der Waals surface area contributed by atoms with Crippen LogP contribution in [-0.4, -0.2) is 18.9 Å². The number of rotatable bonds is 5.